The van der Waals surface area contributed by atoms with Crippen molar-refractivity contribution in [2.24, 2.45) is 0 Å². The summed E-state index contributed by atoms with van der Waals surface area (Å²) in [4.78, 5) is 50.1. The van der Waals surface area contributed by atoms with Crippen molar-refractivity contribution in [1.82, 2.24) is 15.5 Å². The number of imide groups is 2. The molecule has 3 heterocycles. The number of carbonyl (C=O) groups is 4. The molecule has 124 valence electrons. The van der Waals surface area contributed by atoms with Gasteiger partial charge in [0.2, 0.25) is 11.8 Å². The molecule has 4 rings (SSSR count). The zero-order chi connectivity index (χ0) is 16.8. The van der Waals surface area contributed by atoms with Gasteiger partial charge in [-0.05, 0) is 43.0 Å². The fraction of sp³-hybridized carbons (Fsp3) is 0.412. The third-order valence-corrected chi connectivity index (χ3v) is 4.91. The summed E-state index contributed by atoms with van der Waals surface area (Å²) in [5.41, 5.74) is 2.74. The molecule has 7 nitrogen and oxygen atoms in total. The Morgan fingerprint density at radius 1 is 1.04 bits per heavy atom. The third-order valence-electron chi connectivity index (χ3n) is 4.91. The Bertz CT molecular complexity index is 786. The van der Waals surface area contributed by atoms with Crippen LogP contribution in [-0.2, 0) is 22.6 Å². The molecular weight excluding hydrogens is 310 g/mol. The molecule has 1 saturated heterocycles. The lowest BCUT2D eigenvalue weighted by Crippen LogP contribution is -2.54. The minimum atomic E-state index is -0.908. The van der Waals surface area contributed by atoms with Crippen molar-refractivity contribution >= 4 is 23.6 Å². The molecular formula is C17H17N3O4. The second kappa shape index (κ2) is 5.52. The Labute approximate surface area is 138 Å². The van der Waals surface area contributed by atoms with Crippen molar-refractivity contribution in [1.29, 1.82) is 0 Å². The lowest BCUT2D eigenvalue weighted by Gasteiger charge is -2.27. The van der Waals surface area contributed by atoms with Crippen LogP contribution in [0.4, 0.5) is 0 Å². The predicted octanol–water partition coefficient (Wildman–Crippen LogP) is 0.124. The molecule has 3 aliphatic rings. The molecule has 1 fully saturated rings. The Kier molecular flexibility index (Phi) is 3.45. The Morgan fingerprint density at radius 3 is 2.67 bits per heavy atom. The highest BCUT2D eigenvalue weighted by molar-refractivity contribution is 6.24. The van der Waals surface area contributed by atoms with Crippen LogP contribution in [0.3, 0.4) is 0 Å². The second-order valence-electron chi connectivity index (χ2n) is 6.35. The smallest absolute Gasteiger partial charge is 0.262 e. The number of hydrogen-bond donors (Lipinski definition) is 2. The van der Waals surface area contributed by atoms with E-state index in [1.165, 1.54) is 0 Å². The minimum Gasteiger partial charge on any atom is -0.313 e. The molecule has 7 heteroatoms. The fourth-order valence-corrected chi connectivity index (χ4v) is 3.73. The van der Waals surface area contributed by atoms with Crippen molar-refractivity contribution in [3.8, 4) is 0 Å². The van der Waals surface area contributed by atoms with E-state index in [0.717, 1.165) is 35.4 Å². The Morgan fingerprint density at radius 2 is 1.88 bits per heavy atom. The van der Waals surface area contributed by atoms with Crippen LogP contribution < -0.4 is 10.6 Å². The van der Waals surface area contributed by atoms with E-state index >= 15 is 0 Å². The monoisotopic (exact) mass is 327 g/mol. The molecule has 0 bridgehead atoms. The first kappa shape index (κ1) is 15.0. The molecule has 2 N–H and O–H groups in total. The maximum absolute atomic E-state index is 12.9. The number of nitrogens with one attached hydrogen (secondary N) is 2. The van der Waals surface area contributed by atoms with E-state index < -0.39 is 23.8 Å². The summed E-state index contributed by atoms with van der Waals surface area (Å²) in [5, 5.41) is 5.51. The number of rotatable bonds is 1. The number of carbonyl (C=O) groups excluding carboxylic acids is 4. The summed E-state index contributed by atoms with van der Waals surface area (Å²) in [5.74, 6) is -1.80. The van der Waals surface area contributed by atoms with E-state index in [-0.39, 0.29) is 18.7 Å². The van der Waals surface area contributed by atoms with Gasteiger partial charge in [-0.3, -0.25) is 29.4 Å². The first-order valence-corrected chi connectivity index (χ1v) is 8.15. The maximum Gasteiger partial charge on any atom is 0.262 e. The lowest BCUT2D eigenvalue weighted by atomic mass is 9.94. The first-order chi connectivity index (χ1) is 11.6. The molecule has 24 heavy (non-hydrogen) atoms. The van der Waals surface area contributed by atoms with E-state index in [4.69, 9.17) is 0 Å². The molecule has 0 saturated carbocycles. The number of benzene rings is 1. The molecule has 0 aromatic heterocycles. The van der Waals surface area contributed by atoms with Gasteiger partial charge in [0.25, 0.3) is 11.8 Å². The van der Waals surface area contributed by atoms with Crippen LogP contribution in [0.15, 0.2) is 12.1 Å². The van der Waals surface area contributed by atoms with E-state index in [1.807, 2.05) is 6.07 Å². The number of nitrogens with zero attached hydrogens (tertiary/aromatic N) is 1. The van der Waals surface area contributed by atoms with Gasteiger partial charge in [-0.1, -0.05) is 6.07 Å². The van der Waals surface area contributed by atoms with Gasteiger partial charge >= 0.3 is 0 Å². The highest BCUT2D eigenvalue weighted by Gasteiger charge is 2.45. The maximum atomic E-state index is 12.9. The molecule has 1 aromatic rings. The number of hydrogen-bond acceptors (Lipinski definition) is 5. The van der Waals surface area contributed by atoms with Crippen LogP contribution in [0, 0.1) is 0 Å². The average molecular weight is 327 g/mol. The number of piperidine rings is 1. The lowest BCUT2D eigenvalue weighted by molar-refractivity contribution is -0.136. The quantitative estimate of drug-likeness (QED) is 0.715. The van der Waals surface area contributed by atoms with Gasteiger partial charge in [0.15, 0.2) is 0 Å². The zero-order valence-electron chi connectivity index (χ0n) is 13.1. The van der Waals surface area contributed by atoms with Crippen molar-refractivity contribution in [3.05, 3.63) is 34.4 Å². The largest absolute Gasteiger partial charge is 0.313 e. The normalized spacial score (nSPS) is 23.7. The fourth-order valence-electron chi connectivity index (χ4n) is 3.73. The van der Waals surface area contributed by atoms with E-state index in [2.05, 4.69) is 10.6 Å². The minimum absolute atomic E-state index is 0.131. The molecule has 0 radical (unpaired) electrons. The molecule has 4 amide bonds. The second-order valence-corrected chi connectivity index (χ2v) is 6.35. The topological polar surface area (TPSA) is 95.6 Å². The summed E-state index contributed by atoms with van der Waals surface area (Å²) >= 11 is 0. The van der Waals surface area contributed by atoms with Crippen LogP contribution in [0.1, 0.15) is 51.1 Å². The van der Waals surface area contributed by atoms with Gasteiger partial charge in [-0.25, -0.2) is 0 Å². The molecule has 0 spiro atoms. The third kappa shape index (κ3) is 2.16. The van der Waals surface area contributed by atoms with E-state index in [9.17, 15) is 19.2 Å². The summed E-state index contributed by atoms with van der Waals surface area (Å²) in [6, 6.07) is 2.65. The van der Waals surface area contributed by atoms with E-state index in [1.54, 1.807) is 6.07 Å². The predicted molar refractivity (Wildman–Crippen MR) is 83.1 cm³/mol. The van der Waals surface area contributed by atoms with Gasteiger partial charge in [0.05, 0.1) is 11.1 Å². The SMILES string of the molecule is O=C1CCC(N2C(=O)c3ccc4c(c3C2=O)CCCNC4)C(=O)N1. The summed E-state index contributed by atoms with van der Waals surface area (Å²) in [7, 11) is 0. The van der Waals surface area contributed by atoms with Gasteiger partial charge in [0.1, 0.15) is 6.04 Å². The molecule has 0 aliphatic carbocycles. The Hall–Kier alpha value is -2.54. The average Bonchev–Trinajstić information content (AvgIpc) is 2.72. The van der Waals surface area contributed by atoms with Gasteiger partial charge in [0, 0.05) is 13.0 Å². The van der Waals surface area contributed by atoms with Crippen molar-refractivity contribution in [2.75, 3.05) is 6.54 Å². The standard InChI is InChI=1S/C17H17N3O4/c21-13-6-5-12(15(22)19-13)20-16(23)11-4-3-9-8-18-7-1-2-10(9)14(11)17(20)24/h3-4,12,18H,1-2,5-8H2,(H,19,21,22). The van der Waals surface area contributed by atoms with Gasteiger partial charge < -0.3 is 5.32 Å². The van der Waals surface area contributed by atoms with Crippen LogP contribution in [0.5, 0.6) is 0 Å². The summed E-state index contributed by atoms with van der Waals surface area (Å²) in [6.07, 6.45) is 1.93. The molecule has 3 aliphatic heterocycles. The van der Waals surface area contributed by atoms with Crippen LogP contribution >= 0.6 is 0 Å². The summed E-state index contributed by atoms with van der Waals surface area (Å²) in [6.45, 7) is 1.53. The van der Waals surface area contributed by atoms with E-state index in [0.29, 0.717) is 17.7 Å². The molecule has 1 atom stereocenters. The zero-order valence-corrected chi connectivity index (χ0v) is 13.1. The van der Waals surface area contributed by atoms with Gasteiger partial charge in [-0.15, -0.1) is 0 Å². The summed E-state index contributed by atoms with van der Waals surface area (Å²) < 4.78 is 0. The first-order valence-electron chi connectivity index (χ1n) is 8.15. The van der Waals surface area contributed by atoms with Gasteiger partial charge in [-0.2, -0.15) is 0 Å². The molecule has 1 aromatic carbocycles. The van der Waals surface area contributed by atoms with Crippen LogP contribution in [0.2, 0.25) is 0 Å². The highest BCUT2D eigenvalue weighted by Crippen LogP contribution is 2.32. The van der Waals surface area contributed by atoms with Crippen molar-refractivity contribution in [3.63, 3.8) is 0 Å². The van der Waals surface area contributed by atoms with Crippen LogP contribution in [-0.4, -0.2) is 41.1 Å². The number of fused-ring (bicyclic) bond motifs is 3. The van der Waals surface area contributed by atoms with Crippen molar-refractivity contribution in [2.45, 2.75) is 38.3 Å². The van der Waals surface area contributed by atoms with Crippen molar-refractivity contribution < 1.29 is 19.2 Å². The number of amides is 4. The van der Waals surface area contributed by atoms with Crippen LogP contribution in [0.25, 0.3) is 0 Å². The molecule has 1 unspecified atom stereocenters. The highest BCUT2D eigenvalue weighted by atomic mass is 16.2. The Balaban J connectivity index is 1.75.